The number of nitrogens with zero attached hydrogens (tertiary/aromatic N) is 3. The zero-order valence-corrected chi connectivity index (χ0v) is 18.5. The number of halogens is 3. The van der Waals surface area contributed by atoms with Crippen LogP contribution in [0.2, 0.25) is 0 Å². The summed E-state index contributed by atoms with van der Waals surface area (Å²) in [5, 5.41) is 3.30. The maximum atomic E-state index is 15.3. The number of fused-ring (bicyclic) bond motifs is 1. The molecule has 2 aromatic carbocycles. The van der Waals surface area contributed by atoms with Crippen LogP contribution in [0.5, 0.6) is 0 Å². The number of hydrogen-bond donors (Lipinski definition) is 3. The van der Waals surface area contributed by atoms with Gasteiger partial charge in [0.1, 0.15) is 29.4 Å². The van der Waals surface area contributed by atoms with Crippen molar-refractivity contribution in [2.24, 2.45) is 0 Å². The Morgan fingerprint density at radius 3 is 2.63 bits per heavy atom. The molecule has 0 atom stereocenters. The van der Waals surface area contributed by atoms with Gasteiger partial charge in [0, 0.05) is 12.4 Å². The molecule has 35 heavy (non-hydrogen) atoms. The highest BCUT2D eigenvalue weighted by Crippen LogP contribution is 2.32. The molecule has 0 bridgehead atoms. The summed E-state index contributed by atoms with van der Waals surface area (Å²) < 4.78 is 46.6. The zero-order valence-electron chi connectivity index (χ0n) is 17.7. The first-order valence-electron chi connectivity index (χ1n) is 10.2. The van der Waals surface area contributed by atoms with Gasteiger partial charge >= 0.3 is 0 Å². The molecule has 0 fully saturated rings. The zero-order chi connectivity index (χ0) is 24.4. The lowest BCUT2D eigenvalue weighted by Gasteiger charge is -2.11. The normalized spacial score (nSPS) is 10.9. The van der Waals surface area contributed by atoms with Crippen molar-refractivity contribution in [2.75, 3.05) is 10.0 Å². The van der Waals surface area contributed by atoms with Crippen LogP contribution in [0.1, 0.15) is 15.9 Å². The lowest BCUT2D eigenvalue weighted by Crippen LogP contribution is -2.10. The van der Waals surface area contributed by atoms with Crippen LogP contribution < -0.4 is 10.0 Å². The van der Waals surface area contributed by atoms with Crippen LogP contribution in [-0.4, -0.2) is 25.7 Å². The minimum absolute atomic E-state index is 0.0244. The molecule has 0 aliphatic rings. The maximum Gasteiger partial charge on any atom is 0.201 e. The minimum atomic E-state index is -1.10. The van der Waals surface area contributed by atoms with Gasteiger partial charge in [0.25, 0.3) is 0 Å². The lowest BCUT2D eigenvalue weighted by atomic mass is 10.0. The van der Waals surface area contributed by atoms with Gasteiger partial charge in [-0.1, -0.05) is 12.1 Å². The summed E-state index contributed by atoms with van der Waals surface area (Å²) >= 11 is 0.803. The summed E-state index contributed by atoms with van der Waals surface area (Å²) in [6.07, 6.45) is 5.77. The van der Waals surface area contributed by atoms with Gasteiger partial charge in [-0.2, -0.15) is 0 Å². The van der Waals surface area contributed by atoms with Gasteiger partial charge in [-0.25, -0.2) is 23.1 Å². The van der Waals surface area contributed by atoms with Gasteiger partial charge < -0.3 is 15.0 Å². The van der Waals surface area contributed by atoms with E-state index < -0.39 is 28.8 Å². The number of hydrogen-bond acceptors (Lipinski definition) is 7. The molecule has 0 radical (unpaired) electrons. The van der Waals surface area contributed by atoms with Crippen molar-refractivity contribution in [1.29, 1.82) is 0 Å². The second-order valence-electron chi connectivity index (χ2n) is 7.26. The number of aromatic nitrogens is 4. The van der Waals surface area contributed by atoms with Crippen molar-refractivity contribution in [3.05, 3.63) is 102 Å². The molecule has 0 saturated carbocycles. The van der Waals surface area contributed by atoms with E-state index in [2.05, 4.69) is 30.0 Å². The van der Waals surface area contributed by atoms with Crippen molar-refractivity contribution in [1.82, 2.24) is 19.9 Å². The lowest BCUT2D eigenvalue weighted by molar-refractivity contribution is 0.103. The van der Waals surface area contributed by atoms with Crippen LogP contribution in [0.15, 0.2) is 78.3 Å². The molecule has 174 valence electrons. The summed E-state index contributed by atoms with van der Waals surface area (Å²) in [4.78, 5) is 28.7. The van der Waals surface area contributed by atoms with E-state index in [4.69, 9.17) is 0 Å². The van der Waals surface area contributed by atoms with E-state index in [-0.39, 0.29) is 27.4 Å². The molecular weight excluding hydrogens is 477 g/mol. The average molecular weight is 492 g/mol. The van der Waals surface area contributed by atoms with Crippen LogP contribution in [0.3, 0.4) is 0 Å². The predicted octanol–water partition coefficient (Wildman–Crippen LogP) is 5.86. The Labute approximate surface area is 201 Å². The van der Waals surface area contributed by atoms with E-state index in [0.29, 0.717) is 11.3 Å². The number of nitrogens with one attached hydrogen (secondary N) is 3. The fourth-order valence-electron chi connectivity index (χ4n) is 3.42. The first kappa shape index (κ1) is 22.4. The van der Waals surface area contributed by atoms with E-state index in [0.717, 1.165) is 24.1 Å². The Hall–Kier alpha value is -4.38. The number of aromatic amines is 1. The quantitative estimate of drug-likeness (QED) is 0.193. The summed E-state index contributed by atoms with van der Waals surface area (Å²) in [6.45, 7) is 0. The fraction of sp³-hybridized carbons (Fsp3) is 0. The number of rotatable bonds is 7. The van der Waals surface area contributed by atoms with Gasteiger partial charge in [-0.05, 0) is 48.3 Å². The maximum absolute atomic E-state index is 15.3. The highest BCUT2D eigenvalue weighted by atomic mass is 32.2. The molecule has 0 aliphatic heterocycles. The van der Waals surface area contributed by atoms with Crippen LogP contribution in [-0.2, 0) is 0 Å². The molecular formula is C24H15F3N6OS. The van der Waals surface area contributed by atoms with Crippen molar-refractivity contribution < 1.29 is 18.0 Å². The van der Waals surface area contributed by atoms with Gasteiger partial charge in [0.05, 0.1) is 39.0 Å². The van der Waals surface area contributed by atoms with E-state index in [1.54, 1.807) is 30.6 Å². The Balaban J connectivity index is 1.51. The second kappa shape index (κ2) is 9.47. The number of carbonyl (C=O) groups is 1. The highest BCUT2D eigenvalue weighted by Gasteiger charge is 2.26. The van der Waals surface area contributed by atoms with Crippen LogP contribution in [0, 0.1) is 17.5 Å². The monoisotopic (exact) mass is 492 g/mol. The second-order valence-corrected chi connectivity index (χ2v) is 8.11. The number of H-pyrrole nitrogens is 1. The van der Waals surface area contributed by atoms with Crippen molar-refractivity contribution in [2.45, 2.75) is 4.90 Å². The van der Waals surface area contributed by atoms with Crippen molar-refractivity contribution >= 4 is 46.0 Å². The van der Waals surface area contributed by atoms with E-state index in [1.165, 1.54) is 30.7 Å². The molecule has 0 saturated heterocycles. The number of benzene rings is 2. The first-order valence-corrected chi connectivity index (χ1v) is 11.0. The summed E-state index contributed by atoms with van der Waals surface area (Å²) in [5.74, 6) is -3.29. The molecule has 0 aliphatic carbocycles. The van der Waals surface area contributed by atoms with E-state index in [9.17, 15) is 13.6 Å². The van der Waals surface area contributed by atoms with E-state index >= 15 is 4.39 Å². The third kappa shape index (κ3) is 4.41. The Morgan fingerprint density at radius 2 is 1.83 bits per heavy atom. The molecule has 3 heterocycles. The minimum Gasteiger partial charge on any atom is -0.345 e. The number of pyridine rings is 1. The predicted molar refractivity (Wildman–Crippen MR) is 127 cm³/mol. The Morgan fingerprint density at radius 1 is 0.971 bits per heavy atom. The topological polar surface area (TPSA) is 95.6 Å². The molecule has 5 aromatic rings. The van der Waals surface area contributed by atoms with Gasteiger partial charge in [0.15, 0.2) is 5.82 Å². The van der Waals surface area contributed by atoms with Gasteiger partial charge in [0.2, 0.25) is 5.78 Å². The third-order valence-electron chi connectivity index (χ3n) is 5.06. The Kier molecular flexibility index (Phi) is 6.06. The number of anilines is 3. The molecule has 0 unspecified atom stereocenters. The van der Waals surface area contributed by atoms with Gasteiger partial charge in [-0.3, -0.25) is 9.78 Å². The molecule has 7 nitrogen and oxygen atoms in total. The van der Waals surface area contributed by atoms with Crippen LogP contribution >= 0.6 is 11.9 Å². The van der Waals surface area contributed by atoms with Crippen LogP contribution in [0.25, 0.3) is 11.0 Å². The van der Waals surface area contributed by atoms with Crippen molar-refractivity contribution in [3.63, 3.8) is 0 Å². The number of carbonyl (C=O) groups excluding carboxylic acids is 1. The molecule has 3 N–H and O–H groups in total. The summed E-state index contributed by atoms with van der Waals surface area (Å²) in [6, 6.07) is 11.5. The standard InChI is InChI=1S/C24H15F3N6OS/c25-15-5-1-2-6-18(15)35-33-17-8-7-16(26)20(21(17)27)22(34)14-11-29-23-19(14)24(31-12-30-23)32-13-4-3-9-28-10-13/h1-12,33H,(H2,29,30,31,32). The molecule has 0 spiro atoms. The average Bonchev–Trinajstić information content (AvgIpc) is 3.30. The highest BCUT2D eigenvalue weighted by molar-refractivity contribution is 8.00. The largest absolute Gasteiger partial charge is 0.345 e. The SMILES string of the molecule is O=C(c1c(F)ccc(NSc2ccccc2F)c1F)c1c[nH]c2ncnc(Nc3cccnc3)c12. The first-order chi connectivity index (χ1) is 17.0. The van der Waals surface area contributed by atoms with Crippen LogP contribution in [0.4, 0.5) is 30.4 Å². The number of ketones is 1. The molecule has 0 amide bonds. The summed E-state index contributed by atoms with van der Waals surface area (Å²) in [5.41, 5.74) is -0.0570. The smallest absolute Gasteiger partial charge is 0.201 e. The van der Waals surface area contributed by atoms with Gasteiger partial charge in [-0.15, -0.1) is 0 Å². The van der Waals surface area contributed by atoms with Crippen molar-refractivity contribution in [3.8, 4) is 0 Å². The fourth-order valence-corrected chi connectivity index (χ4v) is 4.11. The third-order valence-corrected chi connectivity index (χ3v) is 5.94. The summed E-state index contributed by atoms with van der Waals surface area (Å²) in [7, 11) is 0. The molecule has 3 aromatic heterocycles. The molecule has 5 rings (SSSR count). The van der Waals surface area contributed by atoms with E-state index in [1.807, 2.05) is 0 Å². The Bertz CT molecular complexity index is 1540. The molecule has 11 heteroatoms.